The van der Waals surface area contributed by atoms with Crippen LogP contribution in [0.15, 0.2) is 47.9 Å². The third-order valence-corrected chi connectivity index (χ3v) is 6.82. The highest BCUT2D eigenvalue weighted by molar-refractivity contribution is 7.17. The Balaban J connectivity index is 1.58. The van der Waals surface area contributed by atoms with Gasteiger partial charge in [0.1, 0.15) is 0 Å². The number of aliphatic hydroxyl groups excluding tert-OH is 1. The summed E-state index contributed by atoms with van der Waals surface area (Å²) in [6.07, 6.45) is 4.93. The average molecular weight is 443 g/mol. The second-order valence-electron chi connectivity index (χ2n) is 7.42. The van der Waals surface area contributed by atoms with Crippen molar-refractivity contribution in [3.05, 3.63) is 75.1 Å². The maximum Gasteiger partial charge on any atom is 0.267 e. The normalized spacial score (nSPS) is 15.9. The number of aliphatic hydroxyl groups is 1. The highest BCUT2D eigenvalue weighted by atomic mass is 35.5. The number of aryl methyl sites for hydroxylation is 1. The molecule has 0 saturated heterocycles. The number of nitrogens with one attached hydrogen (secondary N) is 1. The van der Waals surface area contributed by atoms with Crippen LogP contribution in [0.3, 0.4) is 0 Å². The minimum absolute atomic E-state index is 0.103. The summed E-state index contributed by atoms with van der Waals surface area (Å²) < 4.78 is 1.22. The molecule has 0 spiro atoms. The quantitative estimate of drug-likeness (QED) is 0.285. The number of carbonyl (C=O) groups excluding carboxylic acids is 1. The number of nitrogens with zero attached hydrogens (tertiary/aromatic N) is 1. The first kappa shape index (κ1) is 21.0. The molecule has 3 aromatic rings. The van der Waals surface area contributed by atoms with Crippen LogP contribution in [0, 0.1) is 0 Å². The highest BCUT2D eigenvalue weighted by Crippen LogP contribution is 2.38. The van der Waals surface area contributed by atoms with E-state index in [4.69, 9.17) is 16.8 Å². The lowest BCUT2D eigenvalue weighted by Gasteiger charge is -2.29. The molecule has 0 fully saturated rings. The van der Waals surface area contributed by atoms with Crippen molar-refractivity contribution in [1.82, 2.24) is 10.4 Å². The van der Waals surface area contributed by atoms with E-state index in [1.165, 1.54) is 32.9 Å². The number of hydroxylamine groups is 1. The SMILES string of the molecule is O=C(C=Cc1ccc2c(c1)CCC2N(CCO)Cc1csc2ccc(Cl)cc12)NO. The number of amides is 1. The van der Waals surface area contributed by atoms with Gasteiger partial charge in [0, 0.05) is 34.9 Å². The Hall–Kier alpha value is -2.22. The Morgan fingerprint density at radius 1 is 1.30 bits per heavy atom. The monoisotopic (exact) mass is 442 g/mol. The van der Waals surface area contributed by atoms with Crippen LogP contribution in [0.1, 0.15) is 34.7 Å². The summed E-state index contributed by atoms with van der Waals surface area (Å²) in [5.41, 5.74) is 6.27. The predicted molar refractivity (Wildman–Crippen MR) is 121 cm³/mol. The van der Waals surface area contributed by atoms with Crippen LogP contribution in [0.5, 0.6) is 0 Å². The molecule has 1 amide bonds. The minimum atomic E-state index is -0.550. The molecule has 4 rings (SSSR count). The van der Waals surface area contributed by atoms with E-state index >= 15 is 0 Å². The first-order valence-corrected chi connectivity index (χ1v) is 11.1. The Kier molecular flexibility index (Phi) is 6.51. The number of thiophene rings is 1. The van der Waals surface area contributed by atoms with Crippen LogP contribution < -0.4 is 5.48 Å². The number of hydrogen-bond acceptors (Lipinski definition) is 5. The summed E-state index contributed by atoms with van der Waals surface area (Å²) in [7, 11) is 0. The summed E-state index contributed by atoms with van der Waals surface area (Å²) in [5, 5.41) is 22.4. The zero-order valence-corrected chi connectivity index (χ0v) is 17.9. The van der Waals surface area contributed by atoms with E-state index in [0.717, 1.165) is 30.0 Å². The molecule has 1 atom stereocenters. The Morgan fingerprint density at radius 2 is 2.17 bits per heavy atom. The van der Waals surface area contributed by atoms with Gasteiger partial charge in [-0.1, -0.05) is 29.8 Å². The van der Waals surface area contributed by atoms with Gasteiger partial charge in [-0.25, -0.2) is 5.48 Å². The summed E-state index contributed by atoms with van der Waals surface area (Å²) in [5.74, 6) is -0.550. The lowest BCUT2D eigenvalue weighted by molar-refractivity contribution is -0.124. The lowest BCUT2D eigenvalue weighted by atomic mass is 10.0. The second kappa shape index (κ2) is 9.29. The minimum Gasteiger partial charge on any atom is -0.395 e. The molecule has 1 aliphatic rings. The topological polar surface area (TPSA) is 72.8 Å². The van der Waals surface area contributed by atoms with Gasteiger partial charge < -0.3 is 5.11 Å². The van der Waals surface area contributed by atoms with Crippen LogP contribution in [0.25, 0.3) is 16.2 Å². The van der Waals surface area contributed by atoms with E-state index in [9.17, 15) is 9.90 Å². The maximum atomic E-state index is 11.2. The van der Waals surface area contributed by atoms with Gasteiger partial charge in [-0.15, -0.1) is 11.3 Å². The van der Waals surface area contributed by atoms with Gasteiger partial charge in [0.15, 0.2) is 0 Å². The number of carbonyl (C=O) groups is 1. The van der Waals surface area contributed by atoms with Crippen molar-refractivity contribution in [2.75, 3.05) is 13.2 Å². The van der Waals surface area contributed by atoms with E-state index in [1.807, 2.05) is 18.2 Å². The van der Waals surface area contributed by atoms with Gasteiger partial charge in [-0.3, -0.25) is 14.9 Å². The van der Waals surface area contributed by atoms with Crippen molar-refractivity contribution >= 4 is 45.0 Å². The summed E-state index contributed by atoms with van der Waals surface area (Å²) in [6, 6.07) is 12.4. The van der Waals surface area contributed by atoms with E-state index in [-0.39, 0.29) is 12.6 Å². The Bertz CT molecular complexity index is 1100. The van der Waals surface area contributed by atoms with Crippen molar-refractivity contribution in [2.24, 2.45) is 0 Å². The molecule has 1 aliphatic carbocycles. The van der Waals surface area contributed by atoms with Gasteiger partial charge in [-0.2, -0.15) is 0 Å². The van der Waals surface area contributed by atoms with Crippen molar-refractivity contribution in [2.45, 2.75) is 25.4 Å². The number of fused-ring (bicyclic) bond motifs is 2. The highest BCUT2D eigenvalue weighted by Gasteiger charge is 2.28. The van der Waals surface area contributed by atoms with E-state index in [1.54, 1.807) is 22.9 Å². The molecule has 1 aromatic heterocycles. The number of benzene rings is 2. The number of hydrogen-bond donors (Lipinski definition) is 3. The lowest BCUT2D eigenvalue weighted by Crippen LogP contribution is -2.30. The molecule has 3 N–H and O–H groups in total. The van der Waals surface area contributed by atoms with Crippen molar-refractivity contribution in [3.63, 3.8) is 0 Å². The molecule has 0 bridgehead atoms. The third kappa shape index (κ3) is 4.43. The zero-order valence-electron chi connectivity index (χ0n) is 16.3. The van der Waals surface area contributed by atoms with Crippen molar-refractivity contribution in [3.8, 4) is 0 Å². The molecule has 2 aromatic carbocycles. The van der Waals surface area contributed by atoms with E-state index in [2.05, 4.69) is 28.5 Å². The van der Waals surface area contributed by atoms with Crippen LogP contribution in [0.4, 0.5) is 0 Å². The van der Waals surface area contributed by atoms with Crippen molar-refractivity contribution < 1.29 is 15.1 Å². The zero-order chi connectivity index (χ0) is 21.1. The second-order valence-corrected chi connectivity index (χ2v) is 8.77. The molecule has 0 radical (unpaired) electrons. The molecule has 0 saturated carbocycles. The predicted octanol–water partition coefficient (Wildman–Crippen LogP) is 4.56. The molecule has 0 aliphatic heterocycles. The Morgan fingerprint density at radius 3 is 2.97 bits per heavy atom. The molecule has 1 unspecified atom stereocenters. The molecule has 7 heteroatoms. The molecule has 30 heavy (non-hydrogen) atoms. The number of rotatable bonds is 7. The van der Waals surface area contributed by atoms with E-state index in [0.29, 0.717) is 6.54 Å². The summed E-state index contributed by atoms with van der Waals surface area (Å²) >= 11 is 7.93. The smallest absolute Gasteiger partial charge is 0.267 e. The molecule has 5 nitrogen and oxygen atoms in total. The van der Waals surface area contributed by atoms with Crippen molar-refractivity contribution in [1.29, 1.82) is 0 Å². The van der Waals surface area contributed by atoms with Gasteiger partial charge in [0.2, 0.25) is 0 Å². The maximum absolute atomic E-state index is 11.2. The molecular formula is C23H23ClN2O3S. The average Bonchev–Trinajstić information content (AvgIpc) is 3.35. The Labute approximate surface area is 184 Å². The molecule has 156 valence electrons. The van der Waals surface area contributed by atoms with Gasteiger partial charge in [0.25, 0.3) is 5.91 Å². The molecular weight excluding hydrogens is 420 g/mol. The van der Waals surface area contributed by atoms with E-state index < -0.39 is 5.91 Å². The standard InChI is InChI=1S/C23H23ClN2O3S/c24-18-4-7-22-20(12-18)17(14-30-22)13-26(9-10-27)21-6-3-16-11-15(1-5-19(16)21)2-8-23(28)25-29/h1-2,4-5,7-8,11-12,14,21,27,29H,3,6,9-10,13H2,(H,25,28). The molecule has 1 heterocycles. The van der Waals surface area contributed by atoms with Gasteiger partial charge in [0.05, 0.1) is 6.61 Å². The van der Waals surface area contributed by atoms with Gasteiger partial charge in [-0.05, 0) is 70.1 Å². The van der Waals surface area contributed by atoms with Crippen LogP contribution >= 0.6 is 22.9 Å². The fourth-order valence-corrected chi connectivity index (χ4v) is 5.28. The van der Waals surface area contributed by atoms with Crippen LogP contribution in [0.2, 0.25) is 5.02 Å². The summed E-state index contributed by atoms with van der Waals surface area (Å²) in [6.45, 7) is 1.45. The fourth-order valence-electron chi connectivity index (χ4n) is 4.18. The fraction of sp³-hybridized carbons (Fsp3) is 0.261. The first-order chi connectivity index (χ1) is 14.6. The van der Waals surface area contributed by atoms with Crippen LogP contribution in [-0.2, 0) is 17.8 Å². The van der Waals surface area contributed by atoms with Crippen LogP contribution in [-0.4, -0.2) is 34.3 Å². The van der Waals surface area contributed by atoms with Gasteiger partial charge >= 0.3 is 0 Å². The summed E-state index contributed by atoms with van der Waals surface area (Å²) in [4.78, 5) is 13.5. The largest absolute Gasteiger partial charge is 0.395 e. The first-order valence-electron chi connectivity index (χ1n) is 9.84. The third-order valence-electron chi connectivity index (χ3n) is 5.57. The number of halogens is 1.